The molecular formula is C20H27N3OS. The van der Waals surface area contributed by atoms with Crippen LogP contribution in [0.4, 0.5) is 0 Å². The fourth-order valence-electron chi connectivity index (χ4n) is 3.55. The zero-order valence-corrected chi connectivity index (χ0v) is 16.2. The molecule has 1 amide bonds. The van der Waals surface area contributed by atoms with Crippen LogP contribution in [0, 0.1) is 11.3 Å². The molecular weight excluding hydrogens is 330 g/mol. The maximum absolute atomic E-state index is 12.2. The van der Waals surface area contributed by atoms with Crippen LogP contribution in [0.3, 0.4) is 0 Å². The number of hydrogen-bond donors (Lipinski definition) is 0. The van der Waals surface area contributed by atoms with Crippen molar-refractivity contribution in [2.24, 2.45) is 21.5 Å². The molecule has 5 heteroatoms. The first kappa shape index (κ1) is 18.2. The Balaban J connectivity index is 1.79. The molecule has 0 radical (unpaired) electrons. The first-order chi connectivity index (χ1) is 11.9. The van der Waals surface area contributed by atoms with Crippen molar-refractivity contribution in [2.75, 3.05) is 5.75 Å². The van der Waals surface area contributed by atoms with Gasteiger partial charge in [0.15, 0.2) is 5.17 Å². The maximum atomic E-state index is 12.2. The summed E-state index contributed by atoms with van der Waals surface area (Å²) in [5.41, 5.74) is 2.52. The van der Waals surface area contributed by atoms with Crippen LogP contribution in [-0.4, -0.2) is 27.4 Å². The number of benzene rings is 1. The van der Waals surface area contributed by atoms with Gasteiger partial charge in [0.25, 0.3) is 0 Å². The minimum absolute atomic E-state index is 0.115. The molecule has 1 saturated heterocycles. The van der Waals surface area contributed by atoms with E-state index in [0.717, 1.165) is 17.2 Å². The molecule has 0 bridgehead atoms. The van der Waals surface area contributed by atoms with Crippen molar-refractivity contribution in [3.8, 4) is 0 Å². The van der Waals surface area contributed by atoms with Crippen LogP contribution in [-0.2, 0) is 11.3 Å². The number of nitrogens with zero attached hydrogens (tertiary/aromatic N) is 3. The molecule has 25 heavy (non-hydrogen) atoms. The monoisotopic (exact) mass is 357 g/mol. The van der Waals surface area contributed by atoms with Gasteiger partial charge in [0, 0.05) is 11.6 Å². The Morgan fingerprint density at radius 2 is 1.92 bits per heavy atom. The molecule has 1 unspecified atom stereocenters. The summed E-state index contributed by atoms with van der Waals surface area (Å²) >= 11 is 1.49. The van der Waals surface area contributed by atoms with E-state index in [0.29, 0.717) is 18.2 Å². The van der Waals surface area contributed by atoms with E-state index in [1.165, 1.54) is 36.7 Å². The highest BCUT2D eigenvalue weighted by Crippen LogP contribution is 2.36. The van der Waals surface area contributed by atoms with Crippen molar-refractivity contribution in [3.05, 3.63) is 35.9 Å². The van der Waals surface area contributed by atoms with Gasteiger partial charge in [0.2, 0.25) is 5.91 Å². The van der Waals surface area contributed by atoms with Crippen LogP contribution < -0.4 is 0 Å². The van der Waals surface area contributed by atoms with E-state index in [9.17, 15) is 4.79 Å². The summed E-state index contributed by atoms with van der Waals surface area (Å²) in [5, 5.41) is 9.88. The second-order valence-electron chi connectivity index (χ2n) is 7.89. The van der Waals surface area contributed by atoms with Crippen LogP contribution in [0.15, 0.2) is 40.5 Å². The third kappa shape index (κ3) is 4.51. The molecule has 1 atom stereocenters. The van der Waals surface area contributed by atoms with Gasteiger partial charge in [-0.3, -0.25) is 9.69 Å². The Morgan fingerprint density at radius 3 is 2.64 bits per heavy atom. The lowest BCUT2D eigenvalue weighted by Gasteiger charge is -2.34. The molecule has 1 saturated carbocycles. The van der Waals surface area contributed by atoms with Crippen LogP contribution in [0.1, 0.15) is 52.0 Å². The molecule has 2 aliphatic rings. The van der Waals surface area contributed by atoms with Crippen molar-refractivity contribution < 1.29 is 4.79 Å². The molecule has 1 aliphatic carbocycles. The molecule has 4 nitrogen and oxygen atoms in total. The zero-order chi connectivity index (χ0) is 17.9. The van der Waals surface area contributed by atoms with Gasteiger partial charge >= 0.3 is 0 Å². The van der Waals surface area contributed by atoms with E-state index in [1.807, 2.05) is 30.3 Å². The molecule has 1 aromatic carbocycles. The molecule has 134 valence electrons. The second-order valence-corrected chi connectivity index (χ2v) is 8.83. The summed E-state index contributed by atoms with van der Waals surface area (Å²) in [7, 11) is 0. The van der Waals surface area contributed by atoms with Crippen molar-refractivity contribution >= 4 is 28.5 Å². The lowest BCUT2D eigenvalue weighted by atomic mass is 9.71. The van der Waals surface area contributed by atoms with Gasteiger partial charge in [-0.15, -0.1) is 5.10 Å². The van der Waals surface area contributed by atoms with Crippen molar-refractivity contribution in [3.63, 3.8) is 0 Å². The lowest BCUT2D eigenvalue weighted by molar-refractivity contribution is -0.124. The predicted molar refractivity (Wildman–Crippen MR) is 106 cm³/mol. The van der Waals surface area contributed by atoms with Crippen LogP contribution in [0.2, 0.25) is 0 Å². The van der Waals surface area contributed by atoms with E-state index in [4.69, 9.17) is 0 Å². The Kier molecular flexibility index (Phi) is 5.62. The minimum atomic E-state index is 0.115. The fraction of sp³-hybridized carbons (Fsp3) is 0.550. The number of thioether (sulfide) groups is 1. The van der Waals surface area contributed by atoms with Gasteiger partial charge in [-0.25, -0.2) is 0 Å². The lowest BCUT2D eigenvalue weighted by Crippen LogP contribution is -2.31. The molecule has 0 aromatic heterocycles. The quantitative estimate of drug-likeness (QED) is 0.735. The highest BCUT2D eigenvalue weighted by atomic mass is 32.2. The predicted octanol–water partition coefficient (Wildman–Crippen LogP) is 4.71. The summed E-state index contributed by atoms with van der Waals surface area (Å²) in [6.07, 6.45) is 4.67. The summed E-state index contributed by atoms with van der Waals surface area (Å²) in [6, 6.07) is 10.1. The first-order valence-corrected chi connectivity index (χ1v) is 10.1. The van der Waals surface area contributed by atoms with Gasteiger partial charge in [-0.2, -0.15) is 5.10 Å². The number of carbonyl (C=O) groups excluding carboxylic acids is 1. The van der Waals surface area contributed by atoms with Crippen molar-refractivity contribution in [1.29, 1.82) is 0 Å². The summed E-state index contributed by atoms with van der Waals surface area (Å²) < 4.78 is 0. The highest BCUT2D eigenvalue weighted by Gasteiger charge is 2.32. The number of rotatable bonds is 3. The number of hydrogen-bond acceptors (Lipinski definition) is 4. The Bertz CT molecular complexity index is 676. The van der Waals surface area contributed by atoms with E-state index in [1.54, 1.807) is 4.90 Å². The van der Waals surface area contributed by atoms with E-state index in [2.05, 4.69) is 31.0 Å². The SMILES string of the molecule is CC(C)(C)C1CCCC/C1=N\N=C1\SCC(=O)N1Cc1ccccc1. The summed E-state index contributed by atoms with van der Waals surface area (Å²) in [6.45, 7) is 7.41. The topological polar surface area (TPSA) is 45.0 Å². The molecule has 0 N–H and O–H groups in total. The maximum Gasteiger partial charge on any atom is 0.239 e. The fourth-order valence-corrected chi connectivity index (χ4v) is 4.38. The standard InChI is InChI=1S/C20H27N3OS/c1-20(2,3)16-11-7-8-12-17(16)21-22-19-23(18(24)14-25-19)13-15-9-5-4-6-10-15/h4-6,9-10,16H,7-8,11-14H2,1-3H3/b21-17+,22-19+. The third-order valence-corrected chi connectivity index (χ3v) is 5.88. The van der Waals surface area contributed by atoms with Crippen molar-refractivity contribution in [2.45, 2.75) is 53.0 Å². The molecule has 1 aromatic rings. The average Bonchev–Trinajstić information content (AvgIpc) is 2.93. The van der Waals surface area contributed by atoms with Crippen LogP contribution in [0.5, 0.6) is 0 Å². The Morgan fingerprint density at radius 1 is 1.16 bits per heavy atom. The average molecular weight is 358 g/mol. The molecule has 1 heterocycles. The van der Waals surface area contributed by atoms with Gasteiger partial charge < -0.3 is 0 Å². The highest BCUT2D eigenvalue weighted by molar-refractivity contribution is 8.15. The second kappa shape index (κ2) is 7.73. The molecule has 2 fully saturated rings. The van der Waals surface area contributed by atoms with E-state index in [-0.39, 0.29) is 11.3 Å². The van der Waals surface area contributed by atoms with E-state index >= 15 is 0 Å². The Labute approximate surface area is 154 Å². The first-order valence-electron chi connectivity index (χ1n) is 9.06. The minimum Gasteiger partial charge on any atom is -0.285 e. The molecule has 1 aliphatic heterocycles. The smallest absolute Gasteiger partial charge is 0.239 e. The third-order valence-electron chi connectivity index (χ3n) is 4.93. The number of amidine groups is 1. The largest absolute Gasteiger partial charge is 0.285 e. The van der Waals surface area contributed by atoms with E-state index < -0.39 is 0 Å². The van der Waals surface area contributed by atoms with Gasteiger partial charge in [-0.1, -0.05) is 69.3 Å². The number of amides is 1. The van der Waals surface area contributed by atoms with Crippen LogP contribution in [0.25, 0.3) is 0 Å². The van der Waals surface area contributed by atoms with Crippen LogP contribution >= 0.6 is 11.8 Å². The zero-order valence-electron chi connectivity index (χ0n) is 15.4. The number of carbonyl (C=O) groups is 1. The van der Waals surface area contributed by atoms with Crippen molar-refractivity contribution in [1.82, 2.24) is 4.90 Å². The van der Waals surface area contributed by atoms with Gasteiger partial charge in [-0.05, 0) is 30.2 Å². The Hall–Kier alpha value is -1.62. The normalized spacial score (nSPS) is 25.2. The van der Waals surface area contributed by atoms with Gasteiger partial charge in [0.05, 0.1) is 12.3 Å². The van der Waals surface area contributed by atoms with Gasteiger partial charge in [0.1, 0.15) is 0 Å². The summed E-state index contributed by atoms with van der Waals surface area (Å²) in [5.74, 6) is 1.05. The summed E-state index contributed by atoms with van der Waals surface area (Å²) in [4.78, 5) is 14.0. The molecule has 3 rings (SSSR count). The molecule has 0 spiro atoms.